The zero-order chi connectivity index (χ0) is 36.9. The van der Waals surface area contributed by atoms with E-state index in [0.29, 0.717) is 11.4 Å². The fourth-order valence-corrected chi connectivity index (χ4v) is 6.11. The van der Waals surface area contributed by atoms with E-state index in [1.165, 1.54) is 36.4 Å². The fraction of sp³-hybridized carbons (Fsp3) is 0. The summed E-state index contributed by atoms with van der Waals surface area (Å²) in [4.78, 5) is 23.6. The average Bonchev–Trinajstić information content (AvgIpc) is 3.07. The van der Waals surface area contributed by atoms with Gasteiger partial charge in [0.05, 0.1) is 0 Å². The van der Waals surface area contributed by atoms with Crippen LogP contribution in [-0.4, -0.2) is 115 Å². The van der Waals surface area contributed by atoms with Crippen LogP contribution in [-0.2, 0) is 20.2 Å². The SMILES string of the molecule is Nc1nc(Nc2ccccc2)nc(Nc2ccc(C=Cc3ccc(Nc4nc(N)nc(Nc5ccccc5)n4)cc3S(=O)(=O)O)c(S(=O)(=O)O)c2)n1.[Na].[Na]. The molecule has 2 aromatic heterocycles. The van der Waals surface area contributed by atoms with Crippen LogP contribution in [0.25, 0.3) is 12.2 Å². The molecule has 4 aromatic carbocycles. The van der Waals surface area contributed by atoms with Gasteiger partial charge in [-0.05, 0) is 59.7 Å². The zero-order valence-electron chi connectivity index (χ0n) is 28.6. The number of para-hydroxylation sites is 2. The third-order valence-electron chi connectivity index (χ3n) is 6.90. The summed E-state index contributed by atoms with van der Waals surface area (Å²) in [6, 6.07) is 26.0. The van der Waals surface area contributed by atoms with E-state index in [1.54, 1.807) is 24.3 Å². The number of nitrogens with one attached hydrogen (secondary N) is 4. The number of rotatable bonds is 12. The number of nitrogens with zero attached hydrogens (tertiary/aromatic N) is 6. The van der Waals surface area contributed by atoms with Gasteiger partial charge >= 0.3 is 0 Å². The summed E-state index contributed by atoms with van der Waals surface area (Å²) >= 11 is 0. The number of nitrogens with two attached hydrogens (primary N) is 2. The summed E-state index contributed by atoms with van der Waals surface area (Å²) in [5.41, 5.74) is 13.4. The zero-order valence-corrected chi connectivity index (χ0v) is 34.2. The Balaban J connectivity index is 0.00000325. The number of hydrogen-bond donors (Lipinski definition) is 8. The van der Waals surface area contributed by atoms with Crippen LogP contribution in [0.5, 0.6) is 0 Å². The van der Waals surface area contributed by atoms with E-state index in [2.05, 4.69) is 51.2 Å². The van der Waals surface area contributed by atoms with E-state index in [9.17, 15) is 25.9 Å². The average molecular weight is 787 g/mol. The molecule has 10 N–H and O–H groups in total. The van der Waals surface area contributed by atoms with Crippen molar-refractivity contribution in [3.63, 3.8) is 0 Å². The van der Waals surface area contributed by atoms with Crippen LogP contribution in [0.4, 0.5) is 58.4 Å². The first-order valence-electron chi connectivity index (χ1n) is 14.9. The molecule has 0 spiro atoms. The molecule has 6 aromatic rings. The maximum absolute atomic E-state index is 12.4. The summed E-state index contributed by atoms with van der Waals surface area (Å²) in [7, 11) is -9.62. The maximum atomic E-state index is 12.4. The third kappa shape index (κ3) is 11.4. The summed E-state index contributed by atoms with van der Waals surface area (Å²) < 4.78 is 69.8. The Morgan fingerprint density at radius 1 is 0.463 bits per heavy atom. The minimum Gasteiger partial charge on any atom is -0.368 e. The summed E-state index contributed by atoms with van der Waals surface area (Å²) in [6.07, 6.45) is 2.50. The third-order valence-corrected chi connectivity index (χ3v) is 8.72. The number of nitrogen functional groups attached to an aromatic ring is 2. The largest absolute Gasteiger partial charge is 0.368 e. The summed E-state index contributed by atoms with van der Waals surface area (Å²) in [5, 5.41) is 11.6. The van der Waals surface area contributed by atoms with Crippen molar-refractivity contribution in [3.8, 4) is 0 Å². The summed E-state index contributed by atoms with van der Waals surface area (Å²) in [6.45, 7) is 0. The molecule has 0 aliphatic carbocycles. The second-order valence-corrected chi connectivity index (χ2v) is 13.5. The minimum atomic E-state index is -4.81. The molecule has 2 heterocycles. The van der Waals surface area contributed by atoms with E-state index in [0.717, 1.165) is 12.1 Å². The number of aromatic nitrogens is 6. The van der Waals surface area contributed by atoms with Crippen molar-refractivity contribution in [2.75, 3.05) is 32.7 Å². The van der Waals surface area contributed by atoms with E-state index in [-0.39, 0.29) is 117 Å². The normalized spacial score (nSPS) is 11.2. The predicted molar refractivity (Wildman–Crippen MR) is 207 cm³/mol. The smallest absolute Gasteiger partial charge is 0.295 e. The Kier molecular flexibility index (Phi) is 14.0. The molecule has 54 heavy (non-hydrogen) atoms. The molecule has 0 fully saturated rings. The van der Waals surface area contributed by atoms with Gasteiger partial charge in [-0.2, -0.15) is 46.7 Å². The van der Waals surface area contributed by atoms with E-state index >= 15 is 0 Å². The summed E-state index contributed by atoms with van der Waals surface area (Å²) in [5.74, 6) is -0.0500. The van der Waals surface area contributed by atoms with Crippen molar-refractivity contribution in [2.24, 2.45) is 0 Å². The second-order valence-electron chi connectivity index (χ2n) is 10.7. The molecule has 0 amide bonds. The topological polar surface area (TPSA) is 286 Å². The van der Waals surface area contributed by atoms with E-state index in [4.69, 9.17) is 11.5 Å². The van der Waals surface area contributed by atoms with Crippen LogP contribution in [0.3, 0.4) is 0 Å². The number of hydrogen-bond acceptors (Lipinski definition) is 16. The Morgan fingerprint density at radius 3 is 1.09 bits per heavy atom. The Morgan fingerprint density at radius 2 is 0.778 bits per heavy atom. The number of benzene rings is 4. The molecule has 0 aliphatic heterocycles. The molecular formula is C32H28N12Na2O6S2. The van der Waals surface area contributed by atoms with Crippen LogP contribution in [0, 0.1) is 0 Å². The molecule has 2 radical (unpaired) electrons. The molecule has 0 aliphatic rings. The monoisotopic (exact) mass is 786 g/mol. The van der Waals surface area contributed by atoms with Gasteiger partial charge in [-0.25, -0.2) is 0 Å². The minimum absolute atomic E-state index is 0. The van der Waals surface area contributed by atoms with Crippen LogP contribution in [0.2, 0.25) is 0 Å². The van der Waals surface area contributed by atoms with Gasteiger partial charge < -0.3 is 32.7 Å². The standard InChI is InChI=1S/C32H28N12O6S2.2Na/c33-27-39-29(35-21-7-3-1-4-8-21)43-31(41-27)37-23-15-13-19(25(17-23)51(45,46)47)11-12-20-14-16-24(18-26(20)52(48,49)50)38-32-42-28(34)40-30(44-32)36-22-9-5-2-6-10-22;;/h1-18H,(H,45,46,47)(H,48,49,50)(H4,33,35,37,39,41,43)(H4,34,36,38,40,42,44);;. The van der Waals surface area contributed by atoms with Crippen molar-refractivity contribution >= 4 is 150 Å². The van der Waals surface area contributed by atoms with Gasteiger partial charge in [-0.3, -0.25) is 9.11 Å². The Bertz CT molecular complexity index is 2350. The van der Waals surface area contributed by atoms with Crippen molar-refractivity contribution in [1.29, 1.82) is 0 Å². The molecule has 0 atom stereocenters. The van der Waals surface area contributed by atoms with Gasteiger partial charge in [0.15, 0.2) is 0 Å². The molecule has 0 bridgehead atoms. The first-order chi connectivity index (χ1) is 24.8. The predicted octanol–water partition coefficient (Wildman–Crippen LogP) is 4.10. The van der Waals surface area contributed by atoms with Crippen LogP contribution < -0.4 is 32.7 Å². The molecule has 22 heteroatoms. The second kappa shape index (κ2) is 18.1. The van der Waals surface area contributed by atoms with Crippen molar-refractivity contribution in [1.82, 2.24) is 29.9 Å². The molecule has 18 nitrogen and oxygen atoms in total. The maximum Gasteiger partial charge on any atom is 0.295 e. The van der Waals surface area contributed by atoms with Crippen LogP contribution in [0.15, 0.2) is 107 Å². The number of anilines is 10. The van der Waals surface area contributed by atoms with Crippen LogP contribution in [0.1, 0.15) is 11.1 Å². The van der Waals surface area contributed by atoms with Gasteiger partial charge in [0.25, 0.3) is 20.2 Å². The van der Waals surface area contributed by atoms with Gasteiger partial charge in [0.2, 0.25) is 35.7 Å². The first-order valence-corrected chi connectivity index (χ1v) is 17.8. The van der Waals surface area contributed by atoms with Gasteiger partial charge in [0.1, 0.15) is 9.79 Å². The van der Waals surface area contributed by atoms with Gasteiger partial charge in [-0.15, -0.1) is 0 Å². The van der Waals surface area contributed by atoms with Gasteiger partial charge in [-0.1, -0.05) is 60.7 Å². The van der Waals surface area contributed by atoms with Crippen LogP contribution >= 0.6 is 0 Å². The first kappa shape index (κ1) is 42.0. The molecular weight excluding hydrogens is 759 g/mol. The molecule has 266 valence electrons. The van der Waals surface area contributed by atoms with Gasteiger partial charge in [0, 0.05) is 81.9 Å². The Labute approximate surface area is 353 Å². The fourth-order valence-electron chi connectivity index (χ4n) is 4.69. The van der Waals surface area contributed by atoms with Crippen molar-refractivity contribution < 1.29 is 25.9 Å². The molecule has 0 saturated heterocycles. The van der Waals surface area contributed by atoms with Crippen molar-refractivity contribution in [2.45, 2.75) is 9.79 Å². The van der Waals surface area contributed by atoms with Crippen molar-refractivity contribution in [3.05, 3.63) is 108 Å². The molecule has 6 rings (SSSR count). The Hall–Kier alpha value is -4.74. The van der Waals surface area contributed by atoms with E-state index in [1.807, 2.05) is 36.4 Å². The van der Waals surface area contributed by atoms with E-state index < -0.39 is 30.0 Å². The molecule has 0 unspecified atom stereocenters. The quantitative estimate of drug-likeness (QED) is 0.0492. The molecule has 0 saturated carbocycles.